The molecule has 2 atom stereocenters. The Kier molecular flexibility index (Phi) is 2.77. The summed E-state index contributed by atoms with van der Waals surface area (Å²) in [5.74, 6) is 0.195. The Morgan fingerprint density at radius 1 is 1.47 bits per heavy atom. The van der Waals surface area contributed by atoms with Crippen molar-refractivity contribution in [2.45, 2.75) is 25.7 Å². The van der Waals surface area contributed by atoms with Crippen molar-refractivity contribution in [3.05, 3.63) is 29.6 Å². The Morgan fingerprint density at radius 3 is 2.68 bits per heavy atom. The molecule has 0 heterocycles. The number of fused-ring (bicyclic) bond motifs is 1. The van der Waals surface area contributed by atoms with Crippen LogP contribution in [0.4, 0.5) is 4.39 Å². The van der Waals surface area contributed by atoms with Gasteiger partial charge in [-0.2, -0.15) is 0 Å². The summed E-state index contributed by atoms with van der Waals surface area (Å²) >= 11 is 0. The number of hydrogen-bond donors (Lipinski definition) is 1. The number of benzene rings is 1. The highest BCUT2D eigenvalue weighted by atomic mass is 19.1. The van der Waals surface area contributed by atoms with E-state index in [-0.39, 0.29) is 5.75 Å². The van der Waals surface area contributed by atoms with Crippen molar-refractivity contribution in [2.24, 2.45) is 17.3 Å². The Morgan fingerprint density at radius 2 is 2.16 bits per heavy atom. The predicted octanol–water partition coefficient (Wildman–Crippen LogP) is 2.88. The minimum absolute atomic E-state index is 0.197. The molecule has 0 saturated heterocycles. The van der Waals surface area contributed by atoms with Crippen LogP contribution < -0.4 is 4.74 Å². The van der Waals surface area contributed by atoms with Gasteiger partial charge in [0.05, 0.1) is 12.5 Å². The minimum atomic E-state index is -0.740. The largest absolute Gasteiger partial charge is 0.494 e. The number of methoxy groups -OCH3 is 1. The maximum atomic E-state index is 13.7. The topological polar surface area (TPSA) is 46.5 Å². The van der Waals surface area contributed by atoms with E-state index in [1.54, 1.807) is 12.1 Å². The number of aliphatic carboxylic acids is 1. The Labute approximate surface area is 111 Å². The molecule has 4 heteroatoms. The third kappa shape index (κ3) is 2.09. The Balaban J connectivity index is 1.83. The van der Waals surface area contributed by atoms with Crippen LogP contribution in [-0.2, 0) is 11.2 Å². The first kappa shape index (κ1) is 12.5. The van der Waals surface area contributed by atoms with Gasteiger partial charge in [0, 0.05) is 0 Å². The zero-order valence-corrected chi connectivity index (χ0v) is 10.9. The number of rotatable bonds is 4. The van der Waals surface area contributed by atoms with Crippen LogP contribution in [0.3, 0.4) is 0 Å². The minimum Gasteiger partial charge on any atom is -0.494 e. The first-order valence-electron chi connectivity index (χ1n) is 6.60. The van der Waals surface area contributed by atoms with Crippen molar-refractivity contribution in [3.63, 3.8) is 0 Å². The smallest absolute Gasteiger partial charge is 0.309 e. The van der Waals surface area contributed by atoms with Crippen LogP contribution in [0.1, 0.15) is 24.8 Å². The third-order valence-corrected chi connectivity index (χ3v) is 4.59. The van der Waals surface area contributed by atoms with Gasteiger partial charge in [-0.05, 0) is 55.2 Å². The Bertz CT molecular complexity index is 516. The second-order valence-corrected chi connectivity index (χ2v) is 5.90. The normalized spacial score (nSPS) is 31.9. The van der Waals surface area contributed by atoms with E-state index in [1.165, 1.54) is 19.6 Å². The van der Waals surface area contributed by atoms with Gasteiger partial charge in [-0.15, -0.1) is 0 Å². The highest BCUT2D eigenvalue weighted by Gasteiger charge is 2.57. The molecule has 2 unspecified atom stereocenters. The third-order valence-electron chi connectivity index (χ3n) is 4.59. The van der Waals surface area contributed by atoms with Crippen molar-refractivity contribution >= 4 is 5.97 Å². The van der Waals surface area contributed by atoms with Crippen molar-refractivity contribution in [2.75, 3.05) is 7.11 Å². The molecule has 3 nitrogen and oxygen atoms in total. The van der Waals surface area contributed by atoms with E-state index in [4.69, 9.17) is 4.74 Å². The second kappa shape index (κ2) is 4.22. The van der Waals surface area contributed by atoms with E-state index in [1.807, 2.05) is 0 Å². The Hall–Kier alpha value is -1.58. The quantitative estimate of drug-likeness (QED) is 0.909. The van der Waals surface area contributed by atoms with Crippen LogP contribution in [0.25, 0.3) is 0 Å². The fourth-order valence-corrected chi connectivity index (χ4v) is 3.50. The van der Waals surface area contributed by atoms with Crippen molar-refractivity contribution in [1.29, 1.82) is 0 Å². The molecule has 3 rings (SSSR count). The SMILES string of the molecule is COc1ccc(CC2(C(=O)O)CC3CC3C2)cc1F. The van der Waals surface area contributed by atoms with Gasteiger partial charge in [0.1, 0.15) is 0 Å². The molecule has 0 bridgehead atoms. The van der Waals surface area contributed by atoms with Gasteiger partial charge in [0.2, 0.25) is 0 Å². The lowest BCUT2D eigenvalue weighted by atomic mass is 9.77. The number of ether oxygens (including phenoxy) is 1. The van der Waals surface area contributed by atoms with Gasteiger partial charge in [-0.3, -0.25) is 4.79 Å². The van der Waals surface area contributed by atoms with Gasteiger partial charge >= 0.3 is 5.97 Å². The molecule has 0 aromatic heterocycles. The first-order valence-corrected chi connectivity index (χ1v) is 6.60. The van der Waals surface area contributed by atoms with E-state index in [0.29, 0.717) is 18.3 Å². The summed E-state index contributed by atoms with van der Waals surface area (Å²) in [6.07, 6.45) is 3.06. The van der Waals surface area contributed by atoms with E-state index in [9.17, 15) is 14.3 Å². The molecule has 2 aliphatic carbocycles. The number of carboxylic acids is 1. The summed E-state index contributed by atoms with van der Waals surface area (Å²) in [7, 11) is 1.42. The summed E-state index contributed by atoms with van der Waals surface area (Å²) in [6.45, 7) is 0. The average Bonchev–Trinajstić information content (AvgIpc) is 2.97. The molecular weight excluding hydrogens is 247 g/mol. The second-order valence-electron chi connectivity index (χ2n) is 5.90. The molecule has 1 N–H and O–H groups in total. The zero-order chi connectivity index (χ0) is 13.6. The molecule has 2 saturated carbocycles. The highest BCUT2D eigenvalue weighted by Crippen LogP contribution is 2.61. The molecule has 2 aliphatic rings. The van der Waals surface area contributed by atoms with Crippen LogP contribution in [0, 0.1) is 23.1 Å². The summed E-state index contributed by atoms with van der Waals surface area (Å²) < 4.78 is 18.5. The van der Waals surface area contributed by atoms with E-state index >= 15 is 0 Å². The lowest BCUT2D eigenvalue weighted by Crippen LogP contribution is -2.32. The summed E-state index contributed by atoms with van der Waals surface area (Å²) in [4.78, 5) is 11.6. The number of carbonyl (C=O) groups is 1. The molecule has 0 spiro atoms. The van der Waals surface area contributed by atoms with Crippen LogP contribution in [0.2, 0.25) is 0 Å². The monoisotopic (exact) mass is 264 g/mol. The predicted molar refractivity (Wildman–Crippen MR) is 67.6 cm³/mol. The van der Waals surface area contributed by atoms with E-state index in [2.05, 4.69) is 0 Å². The van der Waals surface area contributed by atoms with Crippen molar-refractivity contribution in [3.8, 4) is 5.75 Å². The highest BCUT2D eigenvalue weighted by molar-refractivity contribution is 5.76. The fourth-order valence-electron chi connectivity index (χ4n) is 3.50. The zero-order valence-electron chi connectivity index (χ0n) is 10.9. The van der Waals surface area contributed by atoms with Gasteiger partial charge < -0.3 is 9.84 Å². The number of carboxylic acid groups (broad SMARTS) is 1. The van der Waals surface area contributed by atoms with Gasteiger partial charge in [0.25, 0.3) is 0 Å². The fraction of sp³-hybridized carbons (Fsp3) is 0.533. The van der Waals surface area contributed by atoms with Crippen molar-refractivity contribution < 1.29 is 19.0 Å². The first-order chi connectivity index (χ1) is 9.04. The lowest BCUT2D eigenvalue weighted by Gasteiger charge is -2.26. The van der Waals surface area contributed by atoms with E-state index < -0.39 is 17.2 Å². The molecule has 19 heavy (non-hydrogen) atoms. The molecule has 0 aliphatic heterocycles. The molecule has 2 fully saturated rings. The van der Waals surface area contributed by atoms with Crippen molar-refractivity contribution in [1.82, 2.24) is 0 Å². The van der Waals surface area contributed by atoms with E-state index in [0.717, 1.165) is 18.4 Å². The molecule has 1 aromatic rings. The van der Waals surface area contributed by atoms with Crippen LogP contribution in [0.5, 0.6) is 5.75 Å². The van der Waals surface area contributed by atoms with Gasteiger partial charge in [0.15, 0.2) is 11.6 Å². The maximum absolute atomic E-state index is 13.7. The number of hydrogen-bond acceptors (Lipinski definition) is 2. The lowest BCUT2D eigenvalue weighted by molar-refractivity contribution is -0.149. The molecule has 1 aromatic carbocycles. The van der Waals surface area contributed by atoms with Gasteiger partial charge in [-0.25, -0.2) is 4.39 Å². The molecule has 0 radical (unpaired) electrons. The number of halogens is 1. The average molecular weight is 264 g/mol. The molecule has 102 valence electrons. The van der Waals surface area contributed by atoms with Gasteiger partial charge in [-0.1, -0.05) is 6.07 Å². The van der Waals surface area contributed by atoms with Crippen LogP contribution in [0.15, 0.2) is 18.2 Å². The maximum Gasteiger partial charge on any atom is 0.309 e. The van der Waals surface area contributed by atoms with Crippen LogP contribution in [-0.4, -0.2) is 18.2 Å². The molecular formula is C15H17FO3. The summed E-state index contributed by atoms with van der Waals surface area (Å²) in [5, 5.41) is 9.52. The summed E-state index contributed by atoms with van der Waals surface area (Å²) in [5.41, 5.74) is 0.0521. The summed E-state index contributed by atoms with van der Waals surface area (Å²) in [6, 6.07) is 4.72. The van der Waals surface area contributed by atoms with Crippen LogP contribution >= 0.6 is 0 Å². The standard InChI is InChI=1S/C15H17FO3/c1-19-13-3-2-9(4-12(13)16)6-15(14(17)18)7-10-5-11(10)8-15/h2-4,10-11H,5-8H2,1H3,(H,17,18). The molecule has 0 amide bonds.